The summed E-state index contributed by atoms with van der Waals surface area (Å²) in [6, 6.07) is 9.12. The van der Waals surface area contributed by atoms with E-state index in [0.29, 0.717) is 12.3 Å². The fraction of sp³-hybridized carbons (Fsp3) is 0.417. The molecule has 0 bridgehead atoms. The van der Waals surface area contributed by atoms with Crippen molar-refractivity contribution < 1.29 is 19.4 Å². The number of para-hydroxylation sites is 1. The van der Waals surface area contributed by atoms with E-state index in [1.54, 1.807) is 12.1 Å². The Hall–Kier alpha value is -1.59. The molecule has 1 heterocycles. The van der Waals surface area contributed by atoms with E-state index in [2.05, 4.69) is 0 Å². The van der Waals surface area contributed by atoms with Crippen molar-refractivity contribution in [3.05, 3.63) is 30.3 Å². The second kappa shape index (κ2) is 5.16. The monoisotopic (exact) mass is 237 g/mol. The molecule has 1 aliphatic rings. The minimum atomic E-state index is -0.636. The molecule has 1 aliphatic heterocycles. The molecule has 1 aromatic carbocycles. The van der Waals surface area contributed by atoms with Gasteiger partial charge in [-0.15, -0.1) is 0 Å². The van der Waals surface area contributed by atoms with Crippen LogP contribution in [0, 0.1) is 0 Å². The summed E-state index contributed by atoms with van der Waals surface area (Å²) in [5, 5.41) is 9.16. The molecule has 0 saturated carbocycles. The van der Waals surface area contributed by atoms with E-state index < -0.39 is 18.4 Å². The van der Waals surface area contributed by atoms with Crippen LogP contribution in [0.25, 0.3) is 0 Å². The number of amides is 1. The van der Waals surface area contributed by atoms with Gasteiger partial charge < -0.3 is 14.6 Å². The highest BCUT2D eigenvalue weighted by Gasteiger charge is 2.42. The number of cyclic esters (lactones) is 1. The highest BCUT2D eigenvalue weighted by atomic mass is 16.6. The molecule has 1 aromatic rings. The van der Waals surface area contributed by atoms with Crippen LogP contribution in [0.1, 0.15) is 6.92 Å². The van der Waals surface area contributed by atoms with Crippen molar-refractivity contribution in [2.75, 3.05) is 18.1 Å². The number of carbonyl (C=O) groups is 1. The number of aliphatic hydroxyl groups excluding tert-OH is 1. The number of aliphatic hydroxyl groups is 1. The molecule has 1 amide bonds. The summed E-state index contributed by atoms with van der Waals surface area (Å²) in [6.45, 7) is 2.03. The smallest absolute Gasteiger partial charge is 0.417 e. The van der Waals surface area contributed by atoms with Gasteiger partial charge in [-0.05, 0) is 19.1 Å². The third-order valence-corrected chi connectivity index (χ3v) is 2.57. The maximum absolute atomic E-state index is 11.7. The second-order valence-corrected chi connectivity index (χ2v) is 3.66. The molecule has 2 unspecified atom stereocenters. The lowest BCUT2D eigenvalue weighted by Crippen LogP contribution is -2.40. The molecule has 1 fully saturated rings. The summed E-state index contributed by atoms with van der Waals surface area (Å²) in [6.07, 6.45) is -1.70. The third kappa shape index (κ3) is 2.25. The quantitative estimate of drug-likeness (QED) is 0.859. The first-order valence-corrected chi connectivity index (χ1v) is 5.55. The second-order valence-electron chi connectivity index (χ2n) is 3.66. The van der Waals surface area contributed by atoms with Gasteiger partial charge in [-0.3, -0.25) is 0 Å². The van der Waals surface area contributed by atoms with Crippen molar-refractivity contribution in [2.24, 2.45) is 0 Å². The Kier molecular flexibility index (Phi) is 3.61. The molecule has 0 aromatic heterocycles. The third-order valence-electron chi connectivity index (χ3n) is 2.57. The normalized spacial score (nSPS) is 23.9. The fourth-order valence-electron chi connectivity index (χ4n) is 1.84. The van der Waals surface area contributed by atoms with Crippen molar-refractivity contribution >= 4 is 11.8 Å². The van der Waals surface area contributed by atoms with Crippen LogP contribution in [0.2, 0.25) is 0 Å². The molecule has 5 heteroatoms. The number of hydrogen-bond donors (Lipinski definition) is 1. The number of carbonyl (C=O) groups excluding carboxylic acids is 1. The largest absolute Gasteiger partial charge is 0.438 e. The van der Waals surface area contributed by atoms with Crippen LogP contribution in [0.4, 0.5) is 10.5 Å². The van der Waals surface area contributed by atoms with Crippen molar-refractivity contribution in [3.63, 3.8) is 0 Å². The number of rotatable bonds is 4. The molecule has 0 spiro atoms. The lowest BCUT2D eigenvalue weighted by atomic mass is 10.2. The van der Waals surface area contributed by atoms with Gasteiger partial charge in [-0.25, -0.2) is 9.69 Å². The maximum atomic E-state index is 11.7. The molecule has 5 nitrogen and oxygen atoms in total. The summed E-state index contributed by atoms with van der Waals surface area (Å²) >= 11 is 0. The van der Waals surface area contributed by atoms with Crippen LogP contribution >= 0.6 is 0 Å². The Morgan fingerprint density at radius 1 is 1.41 bits per heavy atom. The van der Waals surface area contributed by atoms with Gasteiger partial charge in [-0.1, -0.05) is 18.2 Å². The Bertz CT molecular complexity index is 381. The first kappa shape index (κ1) is 11.9. The predicted octanol–water partition coefficient (Wildman–Crippen LogP) is 1.37. The highest BCUT2D eigenvalue weighted by Crippen LogP contribution is 2.27. The summed E-state index contributed by atoms with van der Waals surface area (Å²) < 4.78 is 10.5. The van der Waals surface area contributed by atoms with Gasteiger partial charge in [0.15, 0.2) is 12.3 Å². The zero-order valence-electron chi connectivity index (χ0n) is 9.57. The Balaban J connectivity index is 2.27. The lowest BCUT2D eigenvalue weighted by molar-refractivity contribution is -0.0178. The molecule has 0 radical (unpaired) electrons. The van der Waals surface area contributed by atoms with Gasteiger partial charge in [0, 0.05) is 12.3 Å². The summed E-state index contributed by atoms with van der Waals surface area (Å²) in [7, 11) is 0. The summed E-state index contributed by atoms with van der Waals surface area (Å²) in [5.74, 6) is 0. The van der Waals surface area contributed by atoms with E-state index >= 15 is 0 Å². The van der Waals surface area contributed by atoms with E-state index in [4.69, 9.17) is 14.6 Å². The lowest BCUT2D eigenvalue weighted by Gasteiger charge is -2.23. The minimum absolute atomic E-state index is 0.250. The van der Waals surface area contributed by atoms with E-state index in [1.165, 1.54) is 4.90 Å². The van der Waals surface area contributed by atoms with Crippen LogP contribution in [-0.2, 0) is 9.47 Å². The summed E-state index contributed by atoms with van der Waals surface area (Å²) in [4.78, 5) is 13.2. The van der Waals surface area contributed by atoms with E-state index in [9.17, 15) is 4.79 Å². The molecule has 92 valence electrons. The zero-order valence-corrected chi connectivity index (χ0v) is 9.57. The molecular formula is C12H15NO4. The molecule has 17 heavy (non-hydrogen) atoms. The van der Waals surface area contributed by atoms with Gasteiger partial charge in [0.1, 0.15) is 0 Å². The number of nitrogens with zero attached hydrogens (tertiary/aromatic N) is 1. The van der Waals surface area contributed by atoms with Crippen LogP contribution in [0.15, 0.2) is 30.3 Å². The Morgan fingerprint density at radius 2 is 2.12 bits per heavy atom. The number of anilines is 1. The fourth-order valence-corrected chi connectivity index (χ4v) is 1.84. The van der Waals surface area contributed by atoms with Crippen LogP contribution < -0.4 is 4.90 Å². The molecule has 1 N–H and O–H groups in total. The average molecular weight is 237 g/mol. The van der Waals surface area contributed by atoms with Gasteiger partial charge >= 0.3 is 6.09 Å². The van der Waals surface area contributed by atoms with E-state index in [1.807, 2.05) is 25.1 Å². The Labute approximate surface area is 99.6 Å². The van der Waals surface area contributed by atoms with Gasteiger partial charge in [0.2, 0.25) is 0 Å². The van der Waals surface area contributed by atoms with Crippen molar-refractivity contribution in [1.82, 2.24) is 0 Å². The van der Waals surface area contributed by atoms with Crippen molar-refractivity contribution in [2.45, 2.75) is 19.3 Å². The standard InChI is InChI=1S/C12H15NO4/c1-2-16-11-10(8-14)17-12(15)13(11)9-6-4-3-5-7-9/h3-7,10-11,14H,2,8H2,1H3. The zero-order chi connectivity index (χ0) is 12.3. The topological polar surface area (TPSA) is 59.0 Å². The van der Waals surface area contributed by atoms with E-state index in [-0.39, 0.29) is 6.61 Å². The van der Waals surface area contributed by atoms with Gasteiger partial charge in [0.05, 0.1) is 6.61 Å². The molecule has 1 saturated heterocycles. The molecular weight excluding hydrogens is 222 g/mol. The first-order valence-electron chi connectivity index (χ1n) is 5.55. The minimum Gasteiger partial charge on any atom is -0.438 e. The van der Waals surface area contributed by atoms with Gasteiger partial charge in [0.25, 0.3) is 0 Å². The average Bonchev–Trinajstić information content (AvgIpc) is 2.67. The molecule has 2 atom stereocenters. The van der Waals surface area contributed by atoms with Crippen LogP contribution in [0.3, 0.4) is 0 Å². The number of ether oxygens (including phenoxy) is 2. The number of benzene rings is 1. The molecule has 2 rings (SSSR count). The predicted molar refractivity (Wildman–Crippen MR) is 61.7 cm³/mol. The first-order chi connectivity index (χ1) is 8.27. The number of hydrogen-bond acceptors (Lipinski definition) is 4. The maximum Gasteiger partial charge on any atom is 0.417 e. The highest BCUT2D eigenvalue weighted by molar-refractivity contribution is 5.90. The van der Waals surface area contributed by atoms with E-state index in [0.717, 1.165) is 0 Å². The van der Waals surface area contributed by atoms with Crippen molar-refractivity contribution in [1.29, 1.82) is 0 Å². The van der Waals surface area contributed by atoms with Gasteiger partial charge in [-0.2, -0.15) is 0 Å². The van der Waals surface area contributed by atoms with Crippen LogP contribution in [0.5, 0.6) is 0 Å². The summed E-state index contributed by atoms with van der Waals surface area (Å²) in [5.41, 5.74) is 0.701. The van der Waals surface area contributed by atoms with Crippen molar-refractivity contribution in [3.8, 4) is 0 Å². The Morgan fingerprint density at radius 3 is 2.71 bits per heavy atom. The SMILES string of the molecule is CCOC1C(CO)OC(=O)N1c1ccccc1. The van der Waals surface area contributed by atoms with Crippen LogP contribution in [-0.4, -0.2) is 36.7 Å². The molecule has 0 aliphatic carbocycles.